The second-order valence-electron chi connectivity index (χ2n) is 1.71. The van der Waals surface area contributed by atoms with E-state index in [1.165, 1.54) is 12.3 Å². The highest BCUT2D eigenvalue weighted by Crippen LogP contribution is 2.00. The molecule has 1 rings (SSSR count). The minimum absolute atomic E-state index is 0.384. The molecule has 1 N–H and O–H groups in total. The Bertz CT molecular complexity index is 334. The summed E-state index contributed by atoms with van der Waals surface area (Å²) in [5, 5.41) is 0. The van der Waals surface area contributed by atoms with Gasteiger partial charge in [-0.25, -0.2) is 4.39 Å². The molecule has 0 saturated heterocycles. The fourth-order valence-corrected chi connectivity index (χ4v) is 0.741. The lowest BCUT2D eigenvalue weighted by molar-refractivity contribution is 0.620. The van der Waals surface area contributed by atoms with Gasteiger partial charge in [-0.15, -0.1) is 6.42 Å². The minimum Gasteiger partial charge on any atom is -0.349 e. The van der Waals surface area contributed by atoms with E-state index in [4.69, 9.17) is 18.6 Å². The first kappa shape index (κ1) is 6.97. The highest BCUT2D eigenvalue weighted by Gasteiger charge is 1.92. The van der Waals surface area contributed by atoms with Crippen LogP contribution in [-0.2, 0) is 0 Å². The Hall–Kier alpha value is -1.14. The normalized spacial score (nSPS) is 8.80. The summed E-state index contributed by atoms with van der Waals surface area (Å²) in [5.41, 5.74) is 0.384. The lowest BCUT2D eigenvalue weighted by Crippen LogP contribution is -1.83. The SMILES string of the molecule is C#Cc1cc(F)c[nH]c1=S. The first-order valence-electron chi connectivity index (χ1n) is 2.59. The van der Waals surface area contributed by atoms with Gasteiger partial charge in [-0.2, -0.15) is 0 Å². The van der Waals surface area contributed by atoms with Crippen molar-refractivity contribution in [3.8, 4) is 12.3 Å². The Morgan fingerprint density at radius 1 is 1.70 bits per heavy atom. The molecule has 0 fully saturated rings. The molecule has 0 atom stereocenters. The van der Waals surface area contributed by atoms with Crippen LogP contribution in [0.4, 0.5) is 4.39 Å². The molecule has 50 valence electrons. The van der Waals surface area contributed by atoms with E-state index in [-0.39, 0.29) is 0 Å². The number of terminal acetylenes is 1. The molecular formula is C7H4FNS. The van der Waals surface area contributed by atoms with Gasteiger partial charge in [0.2, 0.25) is 0 Å². The summed E-state index contributed by atoms with van der Waals surface area (Å²) in [6, 6.07) is 1.22. The molecule has 0 spiro atoms. The van der Waals surface area contributed by atoms with Crippen LogP contribution in [0, 0.1) is 22.8 Å². The van der Waals surface area contributed by atoms with Crippen molar-refractivity contribution in [2.24, 2.45) is 0 Å². The van der Waals surface area contributed by atoms with E-state index >= 15 is 0 Å². The van der Waals surface area contributed by atoms with Gasteiger partial charge in [0, 0.05) is 6.20 Å². The zero-order valence-corrected chi connectivity index (χ0v) is 5.83. The highest BCUT2D eigenvalue weighted by molar-refractivity contribution is 7.71. The summed E-state index contributed by atoms with van der Waals surface area (Å²) in [4.78, 5) is 2.52. The molecule has 1 aromatic heterocycles. The molecule has 0 aliphatic carbocycles. The molecule has 0 bridgehead atoms. The Kier molecular flexibility index (Phi) is 1.83. The lowest BCUT2D eigenvalue weighted by Gasteiger charge is -1.90. The zero-order valence-electron chi connectivity index (χ0n) is 5.02. The first-order chi connectivity index (χ1) is 4.74. The summed E-state index contributed by atoms with van der Waals surface area (Å²) >= 11 is 4.75. The fourth-order valence-electron chi connectivity index (χ4n) is 0.565. The molecule has 1 heterocycles. The number of hydrogen-bond acceptors (Lipinski definition) is 1. The number of nitrogens with one attached hydrogen (secondary N) is 1. The van der Waals surface area contributed by atoms with Crippen LogP contribution in [0.25, 0.3) is 0 Å². The molecule has 0 aliphatic heterocycles. The van der Waals surface area contributed by atoms with E-state index in [0.717, 1.165) is 0 Å². The summed E-state index contributed by atoms with van der Waals surface area (Å²) in [5.74, 6) is 1.86. The van der Waals surface area contributed by atoms with Crippen molar-refractivity contribution in [3.05, 3.63) is 28.3 Å². The number of rotatable bonds is 0. The van der Waals surface area contributed by atoms with Gasteiger partial charge in [0.1, 0.15) is 10.5 Å². The third kappa shape index (κ3) is 1.23. The van der Waals surface area contributed by atoms with Crippen molar-refractivity contribution in [3.63, 3.8) is 0 Å². The molecule has 0 radical (unpaired) electrons. The maximum atomic E-state index is 12.4. The summed E-state index contributed by atoms with van der Waals surface area (Å²) in [7, 11) is 0. The molecule has 0 aliphatic rings. The first-order valence-corrected chi connectivity index (χ1v) is 2.99. The van der Waals surface area contributed by atoms with Crippen molar-refractivity contribution >= 4 is 12.2 Å². The minimum atomic E-state index is -0.401. The predicted molar refractivity (Wildman–Crippen MR) is 39.5 cm³/mol. The number of halogens is 1. The smallest absolute Gasteiger partial charge is 0.140 e. The van der Waals surface area contributed by atoms with Gasteiger partial charge in [-0.1, -0.05) is 18.1 Å². The van der Waals surface area contributed by atoms with Crippen LogP contribution in [0.15, 0.2) is 12.3 Å². The topological polar surface area (TPSA) is 15.8 Å². The second kappa shape index (κ2) is 2.63. The van der Waals surface area contributed by atoms with Gasteiger partial charge in [0.25, 0.3) is 0 Å². The molecule has 1 aromatic rings. The van der Waals surface area contributed by atoms with Gasteiger partial charge < -0.3 is 4.98 Å². The number of hydrogen-bond donors (Lipinski definition) is 1. The van der Waals surface area contributed by atoms with Crippen LogP contribution in [0.3, 0.4) is 0 Å². The van der Waals surface area contributed by atoms with Gasteiger partial charge >= 0.3 is 0 Å². The van der Waals surface area contributed by atoms with E-state index in [1.807, 2.05) is 0 Å². The average molecular weight is 153 g/mol. The van der Waals surface area contributed by atoms with Gasteiger partial charge in [0.05, 0.1) is 5.56 Å². The molecule has 3 heteroatoms. The summed E-state index contributed by atoms with van der Waals surface area (Å²) < 4.78 is 12.8. The van der Waals surface area contributed by atoms with Crippen LogP contribution in [0.1, 0.15) is 5.56 Å². The third-order valence-corrected chi connectivity index (χ3v) is 1.36. The average Bonchev–Trinajstić information content (AvgIpc) is 1.94. The third-order valence-electron chi connectivity index (χ3n) is 1.02. The molecule has 0 aromatic carbocycles. The predicted octanol–water partition coefficient (Wildman–Crippen LogP) is 1.86. The van der Waals surface area contributed by atoms with Crippen molar-refractivity contribution in [1.82, 2.24) is 4.98 Å². The largest absolute Gasteiger partial charge is 0.349 e. The molecule has 0 amide bonds. The Balaban J connectivity index is 3.40. The van der Waals surface area contributed by atoms with E-state index < -0.39 is 5.82 Å². The maximum Gasteiger partial charge on any atom is 0.140 e. The van der Waals surface area contributed by atoms with Crippen LogP contribution < -0.4 is 0 Å². The Morgan fingerprint density at radius 3 is 2.90 bits per heavy atom. The van der Waals surface area contributed by atoms with Gasteiger partial charge in [-0.05, 0) is 6.07 Å². The molecule has 10 heavy (non-hydrogen) atoms. The number of aromatic amines is 1. The Labute approximate surface area is 62.9 Å². The number of aromatic nitrogens is 1. The quantitative estimate of drug-likeness (QED) is 0.444. The van der Waals surface area contributed by atoms with E-state index in [1.54, 1.807) is 0 Å². The number of H-pyrrole nitrogens is 1. The van der Waals surface area contributed by atoms with Crippen molar-refractivity contribution in [1.29, 1.82) is 0 Å². The second-order valence-corrected chi connectivity index (χ2v) is 2.11. The van der Waals surface area contributed by atoms with Crippen LogP contribution in [0.5, 0.6) is 0 Å². The van der Waals surface area contributed by atoms with E-state index in [0.29, 0.717) is 10.2 Å². The standard InChI is InChI=1S/C7H4FNS/c1-2-5-3-6(8)4-9-7(5)10/h1,3-4H,(H,9,10). The lowest BCUT2D eigenvalue weighted by atomic mass is 10.3. The van der Waals surface area contributed by atoms with Gasteiger partial charge in [0.15, 0.2) is 0 Å². The molecular weight excluding hydrogens is 149 g/mol. The Morgan fingerprint density at radius 2 is 2.40 bits per heavy atom. The van der Waals surface area contributed by atoms with Crippen LogP contribution in [0.2, 0.25) is 0 Å². The van der Waals surface area contributed by atoms with Crippen LogP contribution >= 0.6 is 12.2 Å². The fraction of sp³-hybridized carbons (Fsp3) is 0. The summed E-state index contributed by atoms with van der Waals surface area (Å²) in [6.45, 7) is 0. The van der Waals surface area contributed by atoms with E-state index in [9.17, 15) is 4.39 Å². The van der Waals surface area contributed by atoms with Crippen molar-refractivity contribution < 1.29 is 4.39 Å². The highest BCUT2D eigenvalue weighted by atomic mass is 32.1. The number of pyridine rings is 1. The zero-order chi connectivity index (χ0) is 7.56. The molecule has 1 nitrogen and oxygen atoms in total. The maximum absolute atomic E-state index is 12.4. The van der Waals surface area contributed by atoms with Crippen molar-refractivity contribution in [2.45, 2.75) is 0 Å². The molecule has 0 saturated carbocycles. The molecule has 0 unspecified atom stereocenters. The van der Waals surface area contributed by atoms with Gasteiger partial charge in [-0.3, -0.25) is 0 Å². The van der Waals surface area contributed by atoms with Crippen molar-refractivity contribution in [2.75, 3.05) is 0 Å². The summed E-state index contributed by atoms with van der Waals surface area (Å²) in [6.07, 6.45) is 6.19. The van der Waals surface area contributed by atoms with Crippen LogP contribution in [-0.4, -0.2) is 4.98 Å². The van der Waals surface area contributed by atoms with E-state index in [2.05, 4.69) is 10.9 Å². The monoisotopic (exact) mass is 153 g/mol.